The highest BCUT2D eigenvalue weighted by molar-refractivity contribution is 6.02. The van der Waals surface area contributed by atoms with Gasteiger partial charge in [-0.25, -0.2) is 0 Å². The molecule has 3 amide bonds. The number of ether oxygens (including phenoxy) is 3. The normalized spacial score (nSPS) is 32.7. The summed E-state index contributed by atoms with van der Waals surface area (Å²) in [7, 11) is 0. The minimum atomic E-state index is -1.21. The Labute approximate surface area is 239 Å². The van der Waals surface area contributed by atoms with Gasteiger partial charge in [-0.05, 0) is 61.1 Å². The number of likely N-dealkylation sites (tertiary alicyclic amines) is 1. The average molecular weight is 558 g/mol. The van der Waals surface area contributed by atoms with Crippen LogP contribution in [-0.2, 0) is 25.7 Å². The second-order valence-corrected chi connectivity index (χ2v) is 12.1. The molecule has 2 aromatic carbocycles. The van der Waals surface area contributed by atoms with Crippen molar-refractivity contribution in [3.8, 4) is 11.5 Å². The van der Waals surface area contributed by atoms with Crippen molar-refractivity contribution in [3.63, 3.8) is 0 Å². The summed E-state index contributed by atoms with van der Waals surface area (Å²) in [5, 5.41) is 6.27. The zero-order valence-electron chi connectivity index (χ0n) is 23.3. The average Bonchev–Trinajstić information content (AvgIpc) is 3.71. The van der Waals surface area contributed by atoms with E-state index in [4.69, 9.17) is 14.2 Å². The second-order valence-electron chi connectivity index (χ2n) is 12.1. The number of hydrogen-bond donors (Lipinski definition) is 2. The molecule has 5 aliphatic rings. The van der Waals surface area contributed by atoms with Crippen LogP contribution in [0.25, 0.3) is 0 Å². The predicted octanol–water partition coefficient (Wildman–Crippen LogP) is 3.71. The molecule has 9 heteroatoms. The van der Waals surface area contributed by atoms with Crippen molar-refractivity contribution in [1.29, 1.82) is 0 Å². The van der Waals surface area contributed by atoms with Gasteiger partial charge in [0.2, 0.25) is 24.5 Å². The number of carbonyl (C=O) groups excluding carboxylic acids is 3. The van der Waals surface area contributed by atoms with Crippen molar-refractivity contribution in [2.45, 2.75) is 69.9 Å². The van der Waals surface area contributed by atoms with Crippen LogP contribution in [0.4, 0.5) is 5.69 Å². The van der Waals surface area contributed by atoms with Crippen LogP contribution in [0.5, 0.6) is 11.5 Å². The third kappa shape index (κ3) is 4.29. The summed E-state index contributed by atoms with van der Waals surface area (Å²) >= 11 is 0. The van der Waals surface area contributed by atoms with E-state index in [9.17, 15) is 14.4 Å². The van der Waals surface area contributed by atoms with Crippen LogP contribution >= 0.6 is 0 Å². The zero-order chi connectivity index (χ0) is 28.3. The standard InChI is InChI=1S/C32H35N3O6/c1-18-6-5-8-21(14-18)33-29(36)26-24-12-13-32(41-24)27(26)31(38)35(16-20-10-11-23-25(15-20)40-17-39-23)28(32)30(37)34-22-9-4-3-7-19(22)2/h5-6,8,10-15,19,22,24,26-28H,3-4,7,9,16-17H2,1-2H3,(H,33,36)(H,34,37)/t19-,22-,24+,26-,27+,28+,32+/m1/s1. The maximum atomic E-state index is 14.3. The molecule has 2 N–H and O–H groups in total. The monoisotopic (exact) mass is 557 g/mol. The molecule has 2 aromatic rings. The van der Waals surface area contributed by atoms with Crippen molar-refractivity contribution in [1.82, 2.24) is 10.2 Å². The highest BCUT2D eigenvalue weighted by Gasteiger charge is 2.72. The molecular formula is C32H35N3O6. The highest BCUT2D eigenvalue weighted by atomic mass is 16.7. The molecule has 0 aromatic heterocycles. The molecule has 0 radical (unpaired) electrons. The fourth-order valence-corrected chi connectivity index (χ4v) is 7.41. The lowest BCUT2D eigenvalue weighted by Crippen LogP contribution is -2.57. The lowest BCUT2D eigenvalue weighted by molar-refractivity contribution is -0.142. The largest absolute Gasteiger partial charge is 0.454 e. The summed E-state index contributed by atoms with van der Waals surface area (Å²) in [5.41, 5.74) is 1.28. The first-order chi connectivity index (χ1) is 19.8. The maximum Gasteiger partial charge on any atom is 0.246 e. The highest BCUT2D eigenvalue weighted by Crippen LogP contribution is 2.55. The molecule has 9 nitrogen and oxygen atoms in total. The van der Waals surface area contributed by atoms with E-state index < -0.39 is 29.6 Å². The Bertz CT molecular complexity index is 1440. The van der Waals surface area contributed by atoms with Crippen molar-refractivity contribution < 1.29 is 28.6 Å². The van der Waals surface area contributed by atoms with Crippen LogP contribution in [0.2, 0.25) is 0 Å². The quantitative estimate of drug-likeness (QED) is 0.525. The lowest BCUT2D eigenvalue weighted by atomic mass is 9.74. The van der Waals surface area contributed by atoms with Crippen LogP contribution in [0.15, 0.2) is 54.6 Å². The summed E-state index contributed by atoms with van der Waals surface area (Å²) in [6, 6.07) is 12.2. The molecule has 1 spiro atoms. The van der Waals surface area contributed by atoms with Gasteiger partial charge in [0.15, 0.2) is 11.5 Å². The van der Waals surface area contributed by atoms with E-state index in [1.165, 1.54) is 0 Å². The fourth-order valence-electron chi connectivity index (χ4n) is 7.41. The van der Waals surface area contributed by atoms with E-state index in [2.05, 4.69) is 17.6 Å². The predicted molar refractivity (Wildman–Crippen MR) is 150 cm³/mol. The maximum absolute atomic E-state index is 14.3. The van der Waals surface area contributed by atoms with Gasteiger partial charge in [-0.2, -0.15) is 0 Å². The van der Waals surface area contributed by atoms with Gasteiger partial charge in [0.1, 0.15) is 11.6 Å². The summed E-state index contributed by atoms with van der Waals surface area (Å²) in [6.45, 7) is 4.45. The van der Waals surface area contributed by atoms with E-state index >= 15 is 0 Å². The van der Waals surface area contributed by atoms with Gasteiger partial charge < -0.3 is 29.7 Å². The van der Waals surface area contributed by atoms with Crippen molar-refractivity contribution in [3.05, 3.63) is 65.7 Å². The Morgan fingerprint density at radius 1 is 1.05 bits per heavy atom. The van der Waals surface area contributed by atoms with E-state index in [0.717, 1.165) is 36.8 Å². The van der Waals surface area contributed by atoms with Crippen molar-refractivity contribution in [2.24, 2.45) is 17.8 Å². The summed E-state index contributed by atoms with van der Waals surface area (Å²) in [6.07, 6.45) is 7.31. The van der Waals surface area contributed by atoms with E-state index in [0.29, 0.717) is 23.1 Å². The number of amides is 3. The first kappa shape index (κ1) is 26.1. The van der Waals surface area contributed by atoms with E-state index in [1.54, 1.807) is 4.90 Å². The zero-order valence-corrected chi connectivity index (χ0v) is 23.3. The second kappa shape index (κ2) is 9.91. The third-order valence-corrected chi connectivity index (χ3v) is 9.44. The molecule has 7 atom stereocenters. The number of hydrogen-bond acceptors (Lipinski definition) is 6. The molecule has 7 rings (SSSR count). The van der Waals surface area contributed by atoms with Gasteiger partial charge in [-0.1, -0.05) is 50.1 Å². The molecule has 4 heterocycles. The lowest BCUT2D eigenvalue weighted by Gasteiger charge is -2.36. The molecule has 0 unspecified atom stereocenters. The number of nitrogens with one attached hydrogen (secondary N) is 2. The van der Waals surface area contributed by atoms with Gasteiger partial charge in [0, 0.05) is 18.3 Å². The number of benzene rings is 2. The SMILES string of the molecule is Cc1cccc(NC(=O)[C@@H]2[C@@H]3C=C[C@]4(O3)[C@@H]2C(=O)N(Cc2ccc3c(c2)OCO3)[C@H]4C(=O)N[C@@H]2CCCC[C@H]2C)c1. The van der Waals surface area contributed by atoms with Crippen LogP contribution in [0, 0.1) is 24.7 Å². The molecule has 1 saturated carbocycles. The van der Waals surface area contributed by atoms with E-state index in [1.807, 2.05) is 61.5 Å². The Balaban J connectivity index is 1.22. The van der Waals surface area contributed by atoms with Gasteiger partial charge >= 0.3 is 0 Å². The third-order valence-electron chi connectivity index (χ3n) is 9.44. The molecule has 1 aliphatic carbocycles. The van der Waals surface area contributed by atoms with Gasteiger partial charge in [0.05, 0.1) is 17.9 Å². The minimum absolute atomic E-state index is 0.0391. The molecule has 41 heavy (non-hydrogen) atoms. The first-order valence-corrected chi connectivity index (χ1v) is 14.6. The van der Waals surface area contributed by atoms with Crippen LogP contribution in [0.3, 0.4) is 0 Å². The van der Waals surface area contributed by atoms with Gasteiger partial charge in [-0.15, -0.1) is 0 Å². The van der Waals surface area contributed by atoms with Crippen molar-refractivity contribution >= 4 is 23.4 Å². The van der Waals surface area contributed by atoms with Crippen LogP contribution in [0.1, 0.15) is 43.7 Å². The molecular weight excluding hydrogens is 522 g/mol. The number of carbonyl (C=O) groups is 3. The van der Waals surface area contributed by atoms with Gasteiger partial charge in [0.25, 0.3) is 0 Å². The topological polar surface area (TPSA) is 106 Å². The van der Waals surface area contributed by atoms with Crippen LogP contribution < -0.4 is 20.1 Å². The van der Waals surface area contributed by atoms with Crippen molar-refractivity contribution in [2.75, 3.05) is 12.1 Å². The number of aryl methyl sites for hydroxylation is 1. The number of anilines is 1. The Morgan fingerprint density at radius 2 is 1.88 bits per heavy atom. The molecule has 3 fully saturated rings. The number of rotatable bonds is 6. The summed E-state index contributed by atoms with van der Waals surface area (Å²) in [5.74, 6) is -0.720. The van der Waals surface area contributed by atoms with E-state index in [-0.39, 0.29) is 37.1 Å². The minimum Gasteiger partial charge on any atom is -0.454 e. The Morgan fingerprint density at radius 3 is 2.71 bits per heavy atom. The Hall–Kier alpha value is -3.85. The number of nitrogens with zero attached hydrogens (tertiary/aromatic N) is 1. The Kier molecular flexibility index (Phi) is 6.30. The summed E-state index contributed by atoms with van der Waals surface area (Å²) in [4.78, 5) is 43.8. The fraction of sp³-hybridized carbons (Fsp3) is 0.469. The molecule has 4 aliphatic heterocycles. The van der Waals surface area contributed by atoms with Crippen LogP contribution in [-0.4, -0.2) is 53.2 Å². The number of fused-ring (bicyclic) bond motifs is 2. The molecule has 214 valence electrons. The summed E-state index contributed by atoms with van der Waals surface area (Å²) < 4.78 is 17.5. The molecule has 2 bridgehead atoms. The molecule has 2 saturated heterocycles. The smallest absolute Gasteiger partial charge is 0.246 e. The van der Waals surface area contributed by atoms with Gasteiger partial charge in [-0.3, -0.25) is 14.4 Å². The first-order valence-electron chi connectivity index (χ1n) is 14.6.